The van der Waals surface area contributed by atoms with Gasteiger partial charge >= 0.3 is 0 Å². The highest BCUT2D eigenvalue weighted by Gasteiger charge is 2.14. The second kappa shape index (κ2) is 7.57. The molecule has 8 heteroatoms. The van der Waals surface area contributed by atoms with Crippen molar-refractivity contribution in [2.75, 3.05) is 0 Å². The van der Waals surface area contributed by atoms with E-state index in [0.717, 1.165) is 23.9 Å². The van der Waals surface area contributed by atoms with Gasteiger partial charge in [-0.15, -0.1) is 16.9 Å². The fourth-order valence-corrected chi connectivity index (χ4v) is 2.99. The van der Waals surface area contributed by atoms with Crippen molar-refractivity contribution in [1.29, 1.82) is 0 Å². The highest BCUT2D eigenvalue weighted by Crippen LogP contribution is 2.18. The molecule has 3 aromatic rings. The number of pyridine rings is 1. The first-order valence-electron chi connectivity index (χ1n) is 7.85. The lowest BCUT2D eigenvalue weighted by molar-refractivity contribution is 0.387. The number of nitrogens with zero attached hydrogens (tertiary/aromatic N) is 6. The van der Waals surface area contributed by atoms with Crippen LogP contribution in [0.5, 0.6) is 0 Å². The Kier molecular flexibility index (Phi) is 5.24. The van der Waals surface area contributed by atoms with Crippen LogP contribution in [-0.2, 0) is 17.9 Å². The van der Waals surface area contributed by atoms with Crippen LogP contribution < -0.4 is 0 Å². The first-order valence-corrected chi connectivity index (χ1v) is 9.00. The van der Waals surface area contributed by atoms with Gasteiger partial charge in [0.05, 0.1) is 11.5 Å². The molecule has 3 rings (SSSR count). The number of rotatable bonds is 7. The van der Waals surface area contributed by atoms with Crippen LogP contribution in [0.4, 0.5) is 0 Å². The molecule has 24 heavy (non-hydrogen) atoms. The molecule has 0 aromatic carbocycles. The summed E-state index contributed by atoms with van der Waals surface area (Å²) in [6.45, 7) is 6.13. The third-order valence-electron chi connectivity index (χ3n) is 3.20. The molecule has 3 heterocycles. The first-order chi connectivity index (χ1) is 11.6. The summed E-state index contributed by atoms with van der Waals surface area (Å²) >= 11 is 1.67. The molecule has 0 aliphatic carbocycles. The topological polar surface area (TPSA) is 82.5 Å². The summed E-state index contributed by atoms with van der Waals surface area (Å²) < 4.78 is 6.96. The Bertz CT molecular complexity index is 783. The Morgan fingerprint density at radius 2 is 2.08 bits per heavy atom. The lowest BCUT2D eigenvalue weighted by atomic mass is 10.1. The maximum absolute atomic E-state index is 5.14. The van der Waals surface area contributed by atoms with Crippen LogP contribution >= 0.6 is 11.8 Å². The van der Waals surface area contributed by atoms with Gasteiger partial charge in [0, 0.05) is 12.6 Å². The highest BCUT2D eigenvalue weighted by molar-refractivity contribution is 7.97. The molecule has 7 nitrogen and oxygen atoms in total. The van der Waals surface area contributed by atoms with Gasteiger partial charge in [0.2, 0.25) is 5.89 Å². The molecule has 126 valence electrons. The van der Waals surface area contributed by atoms with E-state index in [1.807, 2.05) is 29.8 Å². The molecule has 3 aromatic heterocycles. The summed E-state index contributed by atoms with van der Waals surface area (Å²) in [5.41, 5.74) is 0. The SMILES string of the molecule is Cc1noc(CSCc2nc(CC(C)C)nn2-c2ccccn2)n1. The summed E-state index contributed by atoms with van der Waals surface area (Å²) in [4.78, 5) is 13.3. The minimum absolute atomic E-state index is 0.506. The zero-order valence-electron chi connectivity index (χ0n) is 14.0. The molecule has 0 N–H and O–H groups in total. The van der Waals surface area contributed by atoms with Crippen molar-refractivity contribution >= 4 is 11.8 Å². The first kappa shape index (κ1) is 16.6. The highest BCUT2D eigenvalue weighted by atomic mass is 32.2. The van der Waals surface area contributed by atoms with Gasteiger partial charge in [-0.25, -0.2) is 9.97 Å². The zero-order chi connectivity index (χ0) is 16.9. The molecule has 0 unspecified atom stereocenters. The van der Waals surface area contributed by atoms with Crippen LogP contribution in [0.15, 0.2) is 28.9 Å². The van der Waals surface area contributed by atoms with Crippen molar-refractivity contribution in [1.82, 2.24) is 29.9 Å². The molecule has 0 aliphatic rings. The van der Waals surface area contributed by atoms with Gasteiger partial charge in [-0.05, 0) is 25.0 Å². The van der Waals surface area contributed by atoms with Crippen molar-refractivity contribution in [2.45, 2.75) is 38.7 Å². The Hall–Kier alpha value is -2.22. The van der Waals surface area contributed by atoms with Gasteiger partial charge in [-0.2, -0.15) is 9.67 Å². The van der Waals surface area contributed by atoms with Crippen LogP contribution in [0.2, 0.25) is 0 Å². The standard InChI is InChI=1S/C16H20N6OS/c1-11(2)8-13-19-15(9-24-10-16-18-12(3)21-23-16)22(20-13)14-6-4-5-7-17-14/h4-7,11H,8-10H2,1-3H3. The van der Waals surface area contributed by atoms with E-state index >= 15 is 0 Å². The maximum Gasteiger partial charge on any atom is 0.236 e. The molecule has 0 atom stereocenters. The van der Waals surface area contributed by atoms with Gasteiger partial charge in [-0.3, -0.25) is 0 Å². The van der Waals surface area contributed by atoms with Crippen molar-refractivity contribution < 1.29 is 4.52 Å². The summed E-state index contributed by atoms with van der Waals surface area (Å²) in [6, 6.07) is 5.77. The average molecular weight is 344 g/mol. The van der Waals surface area contributed by atoms with E-state index < -0.39 is 0 Å². The minimum Gasteiger partial charge on any atom is -0.338 e. The van der Waals surface area contributed by atoms with Gasteiger partial charge in [0.1, 0.15) is 5.82 Å². The van der Waals surface area contributed by atoms with Gasteiger partial charge in [0.25, 0.3) is 0 Å². The van der Waals surface area contributed by atoms with Crippen LogP contribution in [0.1, 0.15) is 37.2 Å². The molecule has 0 aliphatic heterocycles. The molecule has 0 radical (unpaired) electrons. The molecular formula is C16H20N6OS. The smallest absolute Gasteiger partial charge is 0.236 e. The molecule has 0 bridgehead atoms. The van der Waals surface area contributed by atoms with Crippen molar-refractivity contribution in [2.24, 2.45) is 5.92 Å². The summed E-state index contributed by atoms with van der Waals surface area (Å²) in [5, 5.41) is 8.43. The quantitative estimate of drug-likeness (QED) is 0.651. The van der Waals surface area contributed by atoms with Crippen molar-refractivity contribution in [3.05, 3.63) is 47.8 Å². The third kappa shape index (κ3) is 4.19. The number of hydrogen-bond donors (Lipinski definition) is 0. The Morgan fingerprint density at radius 3 is 2.75 bits per heavy atom. The molecular weight excluding hydrogens is 324 g/mol. The molecule has 0 amide bonds. The van der Waals surface area contributed by atoms with Gasteiger partial charge < -0.3 is 4.52 Å². The molecule has 0 saturated carbocycles. The van der Waals surface area contributed by atoms with E-state index in [2.05, 4.69) is 39.1 Å². The third-order valence-corrected chi connectivity index (χ3v) is 4.11. The number of aromatic nitrogens is 6. The minimum atomic E-state index is 0.506. The molecule has 0 fully saturated rings. The lowest BCUT2D eigenvalue weighted by Crippen LogP contribution is -2.04. The van der Waals surface area contributed by atoms with Gasteiger partial charge in [0.15, 0.2) is 17.5 Å². The average Bonchev–Trinajstić information content (AvgIpc) is 3.14. The van der Waals surface area contributed by atoms with Crippen molar-refractivity contribution in [3.8, 4) is 5.82 Å². The van der Waals surface area contributed by atoms with E-state index in [0.29, 0.717) is 29.1 Å². The summed E-state index contributed by atoms with van der Waals surface area (Å²) in [7, 11) is 0. The summed E-state index contributed by atoms with van der Waals surface area (Å²) in [6.07, 6.45) is 2.61. The lowest BCUT2D eigenvalue weighted by Gasteiger charge is -2.03. The molecule has 0 saturated heterocycles. The van der Waals surface area contributed by atoms with E-state index in [1.54, 1.807) is 18.0 Å². The fraction of sp³-hybridized carbons (Fsp3) is 0.438. The fourth-order valence-electron chi connectivity index (χ4n) is 2.23. The van der Waals surface area contributed by atoms with Crippen molar-refractivity contribution in [3.63, 3.8) is 0 Å². The second-order valence-corrected chi connectivity index (χ2v) is 6.86. The maximum atomic E-state index is 5.14. The van der Waals surface area contributed by atoms with E-state index in [4.69, 9.17) is 4.52 Å². The number of thioether (sulfide) groups is 1. The Morgan fingerprint density at radius 1 is 1.21 bits per heavy atom. The Labute approximate surface area is 144 Å². The monoisotopic (exact) mass is 344 g/mol. The van der Waals surface area contributed by atoms with E-state index in [-0.39, 0.29) is 0 Å². The predicted octanol–water partition coefficient (Wildman–Crippen LogP) is 2.99. The number of hydrogen-bond acceptors (Lipinski definition) is 7. The Balaban J connectivity index is 1.75. The van der Waals surface area contributed by atoms with Crippen LogP contribution in [-0.4, -0.2) is 29.9 Å². The molecule has 0 spiro atoms. The predicted molar refractivity (Wildman–Crippen MR) is 91.7 cm³/mol. The zero-order valence-corrected chi connectivity index (χ0v) is 14.8. The summed E-state index contributed by atoms with van der Waals surface area (Å²) in [5.74, 6) is 5.64. The number of aryl methyl sites for hydroxylation is 1. The van der Waals surface area contributed by atoms with Crippen LogP contribution in [0.3, 0.4) is 0 Å². The second-order valence-electron chi connectivity index (χ2n) is 5.87. The van der Waals surface area contributed by atoms with E-state index in [9.17, 15) is 0 Å². The van der Waals surface area contributed by atoms with E-state index in [1.165, 1.54) is 0 Å². The van der Waals surface area contributed by atoms with Gasteiger partial charge in [-0.1, -0.05) is 25.1 Å². The normalized spacial score (nSPS) is 11.3. The van der Waals surface area contributed by atoms with Crippen LogP contribution in [0, 0.1) is 12.8 Å². The largest absolute Gasteiger partial charge is 0.338 e. The van der Waals surface area contributed by atoms with Crippen LogP contribution in [0.25, 0.3) is 5.82 Å².